The smallest absolute Gasteiger partial charge is 0.295 e. The molecule has 3 aromatic rings. The molecule has 0 spiro atoms. The quantitative estimate of drug-likeness (QED) is 0.556. The number of nitrogens with one attached hydrogen (secondary N) is 1. The number of aromatic nitrogens is 1. The molecule has 2 aromatic heterocycles. The third-order valence-corrected chi connectivity index (χ3v) is 5.80. The summed E-state index contributed by atoms with van der Waals surface area (Å²) in [5.74, 6) is 0.256. The van der Waals surface area contributed by atoms with Gasteiger partial charge in [-0.1, -0.05) is 18.9 Å². The van der Waals surface area contributed by atoms with Crippen molar-refractivity contribution in [2.45, 2.75) is 37.8 Å². The minimum absolute atomic E-state index is 0.0736. The van der Waals surface area contributed by atoms with Crippen molar-refractivity contribution in [3.05, 3.63) is 72.4 Å². The summed E-state index contributed by atoms with van der Waals surface area (Å²) < 4.78 is 16.4. The molecule has 1 N–H and O–H groups in total. The Balaban J connectivity index is 1.86. The molecule has 1 aromatic carbocycles. The summed E-state index contributed by atoms with van der Waals surface area (Å²) in [6.45, 7) is 0. The summed E-state index contributed by atoms with van der Waals surface area (Å²) in [4.78, 5) is 33.1. The maximum Gasteiger partial charge on any atom is 0.295 e. The Bertz CT molecular complexity index is 1080. The summed E-state index contributed by atoms with van der Waals surface area (Å²) in [5, 5.41) is 3.13. The summed E-state index contributed by atoms with van der Waals surface area (Å²) in [6.07, 6.45) is 8.61. The lowest BCUT2D eigenvalue weighted by atomic mass is 10.0. The molecule has 0 unspecified atom stereocenters. The van der Waals surface area contributed by atoms with Gasteiger partial charge in [0.2, 0.25) is 5.91 Å². The largest absolute Gasteiger partial charge is 0.497 e. The molecule has 2 heterocycles. The third kappa shape index (κ3) is 4.84. The summed E-state index contributed by atoms with van der Waals surface area (Å²) in [7, 11) is 3.05. The van der Waals surface area contributed by atoms with E-state index in [1.165, 1.54) is 25.4 Å². The van der Waals surface area contributed by atoms with Crippen LogP contribution in [0.2, 0.25) is 0 Å². The van der Waals surface area contributed by atoms with Crippen molar-refractivity contribution in [2.75, 3.05) is 19.1 Å². The van der Waals surface area contributed by atoms with E-state index in [4.69, 9.17) is 13.9 Å². The zero-order valence-electron chi connectivity index (χ0n) is 18.7. The lowest BCUT2D eigenvalue weighted by molar-refractivity contribution is -0.123. The Morgan fingerprint density at radius 1 is 1.12 bits per heavy atom. The first-order valence-corrected chi connectivity index (χ1v) is 10.9. The predicted molar refractivity (Wildman–Crippen MR) is 122 cm³/mol. The second kappa shape index (κ2) is 10.2. The second-order valence-corrected chi connectivity index (χ2v) is 7.87. The van der Waals surface area contributed by atoms with Crippen LogP contribution >= 0.6 is 0 Å². The second-order valence-electron chi connectivity index (χ2n) is 7.87. The van der Waals surface area contributed by atoms with Crippen LogP contribution in [0, 0.1) is 0 Å². The molecule has 1 aliphatic rings. The van der Waals surface area contributed by atoms with E-state index in [1.807, 2.05) is 0 Å². The number of amides is 2. The van der Waals surface area contributed by atoms with E-state index < -0.39 is 11.9 Å². The molecule has 8 heteroatoms. The maximum atomic E-state index is 13.8. The molecule has 2 amide bonds. The van der Waals surface area contributed by atoms with Crippen molar-refractivity contribution in [2.24, 2.45) is 0 Å². The van der Waals surface area contributed by atoms with Gasteiger partial charge in [0.05, 0.1) is 26.2 Å². The summed E-state index contributed by atoms with van der Waals surface area (Å²) >= 11 is 0. The van der Waals surface area contributed by atoms with Gasteiger partial charge < -0.3 is 19.2 Å². The minimum atomic E-state index is -1.00. The molecule has 0 saturated heterocycles. The lowest BCUT2D eigenvalue weighted by Crippen LogP contribution is -2.46. The van der Waals surface area contributed by atoms with Crippen molar-refractivity contribution in [1.29, 1.82) is 0 Å². The van der Waals surface area contributed by atoms with Gasteiger partial charge in [0.1, 0.15) is 17.5 Å². The van der Waals surface area contributed by atoms with E-state index in [0.717, 1.165) is 25.7 Å². The van der Waals surface area contributed by atoms with Crippen LogP contribution in [0.5, 0.6) is 11.5 Å². The fourth-order valence-corrected chi connectivity index (χ4v) is 4.18. The zero-order valence-corrected chi connectivity index (χ0v) is 18.7. The molecule has 0 radical (unpaired) electrons. The Morgan fingerprint density at radius 3 is 2.58 bits per heavy atom. The lowest BCUT2D eigenvalue weighted by Gasteiger charge is -2.32. The number of hydrogen-bond donors (Lipinski definition) is 1. The van der Waals surface area contributed by atoms with Crippen LogP contribution < -0.4 is 19.7 Å². The van der Waals surface area contributed by atoms with E-state index >= 15 is 0 Å². The normalized spacial score (nSPS) is 14.5. The molecule has 4 rings (SSSR count). The fraction of sp³-hybridized carbons (Fsp3) is 0.320. The molecule has 1 saturated carbocycles. The van der Waals surface area contributed by atoms with Crippen molar-refractivity contribution < 1.29 is 23.5 Å². The number of hydrogen-bond acceptors (Lipinski definition) is 6. The van der Waals surface area contributed by atoms with Gasteiger partial charge in [0, 0.05) is 30.1 Å². The first-order chi connectivity index (χ1) is 16.1. The molecule has 172 valence electrons. The average molecular weight is 450 g/mol. The Kier molecular flexibility index (Phi) is 6.92. The number of rotatable bonds is 8. The number of carbonyl (C=O) groups excluding carboxylic acids is 2. The van der Waals surface area contributed by atoms with Crippen LogP contribution in [0.25, 0.3) is 0 Å². The predicted octanol–water partition coefficient (Wildman–Crippen LogP) is 4.14. The van der Waals surface area contributed by atoms with Gasteiger partial charge in [-0.15, -0.1) is 0 Å². The van der Waals surface area contributed by atoms with Crippen molar-refractivity contribution in [3.8, 4) is 11.5 Å². The first kappa shape index (κ1) is 22.4. The van der Waals surface area contributed by atoms with Crippen molar-refractivity contribution in [1.82, 2.24) is 10.3 Å². The summed E-state index contributed by atoms with van der Waals surface area (Å²) in [6, 6.07) is 10.9. The highest BCUT2D eigenvalue weighted by atomic mass is 16.5. The molecule has 1 aliphatic carbocycles. The number of pyridine rings is 1. The molecule has 1 atom stereocenters. The van der Waals surface area contributed by atoms with Crippen LogP contribution in [-0.2, 0) is 4.79 Å². The topological polar surface area (TPSA) is 93.9 Å². The Hall–Kier alpha value is -3.81. The van der Waals surface area contributed by atoms with Crippen molar-refractivity contribution in [3.63, 3.8) is 0 Å². The van der Waals surface area contributed by atoms with Crippen LogP contribution in [0.3, 0.4) is 0 Å². The first-order valence-electron chi connectivity index (χ1n) is 10.9. The molecule has 33 heavy (non-hydrogen) atoms. The number of nitrogens with zero attached hydrogens (tertiary/aromatic N) is 2. The maximum absolute atomic E-state index is 13.8. The van der Waals surface area contributed by atoms with Gasteiger partial charge in [-0.25, -0.2) is 0 Å². The SMILES string of the molecule is COc1ccc(OC)c(N(C(=O)c2ccco2)[C@H](C(=O)NC2CCCC2)c2cccnc2)c1. The number of furan rings is 1. The Morgan fingerprint density at radius 2 is 1.94 bits per heavy atom. The number of carbonyl (C=O) groups is 2. The summed E-state index contributed by atoms with van der Waals surface area (Å²) in [5.41, 5.74) is 0.950. The molecule has 1 fully saturated rings. The van der Waals surface area contributed by atoms with E-state index in [0.29, 0.717) is 22.7 Å². The number of methoxy groups -OCH3 is 2. The highest BCUT2D eigenvalue weighted by molar-refractivity contribution is 6.09. The van der Waals surface area contributed by atoms with E-state index in [9.17, 15) is 9.59 Å². The molecule has 8 nitrogen and oxygen atoms in total. The standard InChI is InChI=1S/C25H27N3O5/c1-31-19-11-12-21(32-2)20(15-19)28(25(30)22-10-6-14-33-22)23(17-7-5-13-26-16-17)24(29)27-18-8-3-4-9-18/h5-7,10-16,18,23H,3-4,8-9H2,1-2H3,(H,27,29)/t23-/m0/s1. The molecule has 0 aliphatic heterocycles. The fourth-order valence-electron chi connectivity index (χ4n) is 4.18. The van der Waals surface area contributed by atoms with Gasteiger partial charge in [-0.05, 0) is 43.2 Å². The van der Waals surface area contributed by atoms with Gasteiger partial charge in [-0.3, -0.25) is 19.5 Å². The monoisotopic (exact) mass is 449 g/mol. The van der Waals surface area contributed by atoms with Gasteiger partial charge in [0.25, 0.3) is 5.91 Å². The zero-order chi connectivity index (χ0) is 23.2. The number of benzene rings is 1. The highest BCUT2D eigenvalue weighted by Gasteiger charge is 2.37. The van der Waals surface area contributed by atoms with Gasteiger partial charge in [0.15, 0.2) is 5.76 Å². The Labute approximate surface area is 192 Å². The van der Waals surface area contributed by atoms with E-state index in [1.54, 1.807) is 54.9 Å². The molecular weight excluding hydrogens is 422 g/mol. The van der Waals surface area contributed by atoms with Crippen LogP contribution in [0.1, 0.15) is 47.8 Å². The molecule has 0 bridgehead atoms. The van der Waals surface area contributed by atoms with E-state index in [-0.39, 0.29) is 17.7 Å². The minimum Gasteiger partial charge on any atom is -0.497 e. The molecular formula is C25H27N3O5. The van der Waals surface area contributed by atoms with Crippen LogP contribution in [0.15, 0.2) is 65.5 Å². The van der Waals surface area contributed by atoms with E-state index in [2.05, 4.69) is 10.3 Å². The highest BCUT2D eigenvalue weighted by Crippen LogP contribution is 2.38. The van der Waals surface area contributed by atoms with Gasteiger partial charge in [-0.2, -0.15) is 0 Å². The average Bonchev–Trinajstić information content (AvgIpc) is 3.57. The van der Waals surface area contributed by atoms with Gasteiger partial charge >= 0.3 is 0 Å². The van der Waals surface area contributed by atoms with Crippen LogP contribution in [-0.4, -0.2) is 37.1 Å². The third-order valence-electron chi connectivity index (χ3n) is 5.80. The number of anilines is 1. The van der Waals surface area contributed by atoms with Crippen molar-refractivity contribution >= 4 is 17.5 Å². The number of ether oxygens (including phenoxy) is 2. The van der Waals surface area contributed by atoms with Crippen LogP contribution in [0.4, 0.5) is 5.69 Å².